The summed E-state index contributed by atoms with van der Waals surface area (Å²) in [5.74, 6) is -0.112. The van der Waals surface area contributed by atoms with Crippen molar-refractivity contribution in [2.24, 2.45) is 0 Å². The lowest BCUT2D eigenvalue weighted by atomic mass is 10.1. The van der Waals surface area contributed by atoms with Crippen LogP contribution in [-0.4, -0.2) is 15.5 Å². The zero-order chi connectivity index (χ0) is 16.8. The molecule has 0 aliphatic heterocycles. The van der Waals surface area contributed by atoms with E-state index in [1.807, 2.05) is 78.4 Å². The van der Waals surface area contributed by atoms with E-state index in [9.17, 15) is 4.79 Å². The van der Waals surface area contributed by atoms with E-state index < -0.39 is 0 Å². The largest absolute Gasteiger partial charge is 0.346 e. The molecule has 1 amide bonds. The van der Waals surface area contributed by atoms with Crippen LogP contribution in [0.2, 0.25) is 0 Å². The Hall–Kier alpha value is -3.14. The average molecular weight is 317 g/mol. The Bertz CT molecular complexity index is 823. The number of carbonyl (C=O) groups is 1. The topological polar surface area (TPSA) is 46.9 Å². The maximum Gasteiger partial charge on any atom is 0.244 e. The second-order valence-electron chi connectivity index (χ2n) is 5.54. The highest BCUT2D eigenvalue weighted by atomic mass is 16.1. The number of nitrogens with one attached hydrogen (secondary N) is 1. The molecule has 0 aliphatic carbocycles. The number of rotatable bonds is 5. The van der Waals surface area contributed by atoms with Gasteiger partial charge in [-0.3, -0.25) is 4.79 Å². The maximum absolute atomic E-state index is 12.1. The van der Waals surface area contributed by atoms with Crippen molar-refractivity contribution in [1.82, 2.24) is 14.9 Å². The minimum absolute atomic E-state index is 0.0820. The van der Waals surface area contributed by atoms with Crippen LogP contribution in [-0.2, 0) is 4.79 Å². The van der Waals surface area contributed by atoms with Gasteiger partial charge in [0.15, 0.2) is 0 Å². The van der Waals surface area contributed by atoms with Crippen molar-refractivity contribution in [3.63, 3.8) is 0 Å². The number of aromatic nitrogens is 2. The van der Waals surface area contributed by atoms with Crippen LogP contribution in [0.15, 0.2) is 79.4 Å². The van der Waals surface area contributed by atoms with Crippen molar-refractivity contribution in [3.05, 3.63) is 90.5 Å². The van der Waals surface area contributed by atoms with E-state index in [0.29, 0.717) is 0 Å². The van der Waals surface area contributed by atoms with Crippen LogP contribution < -0.4 is 5.32 Å². The number of imidazole rings is 1. The molecule has 3 rings (SSSR count). The van der Waals surface area contributed by atoms with Gasteiger partial charge in [0.1, 0.15) is 0 Å². The molecule has 0 fully saturated rings. The van der Waals surface area contributed by atoms with Gasteiger partial charge in [0, 0.05) is 24.2 Å². The zero-order valence-corrected chi connectivity index (χ0v) is 13.5. The molecule has 0 unspecified atom stereocenters. The van der Waals surface area contributed by atoms with E-state index in [-0.39, 0.29) is 11.9 Å². The summed E-state index contributed by atoms with van der Waals surface area (Å²) in [6.07, 6.45) is 8.76. The van der Waals surface area contributed by atoms with Gasteiger partial charge in [0.2, 0.25) is 5.91 Å². The van der Waals surface area contributed by atoms with E-state index in [4.69, 9.17) is 0 Å². The monoisotopic (exact) mass is 317 g/mol. The molecule has 24 heavy (non-hydrogen) atoms. The molecule has 120 valence electrons. The summed E-state index contributed by atoms with van der Waals surface area (Å²) in [6, 6.07) is 17.7. The molecule has 0 radical (unpaired) electrons. The van der Waals surface area contributed by atoms with Crippen molar-refractivity contribution in [2.45, 2.75) is 13.0 Å². The van der Waals surface area contributed by atoms with Gasteiger partial charge in [-0.1, -0.05) is 42.5 Å². The fourth-order valence-electron chi connectivity index (χ4n) is 2.45. The minimum atomic E-state index is -0.112. The molecular weight excluding hydrogens is 298 g/mol. The molecule has 4 nitrogen and oxygen atoms in total. The fraction of sp³-hybridized carbons (Fsp3) is 0.100. The molecule has 0 aliphatic rings. The van der Waals surface area contributed by atoms with Gasteiger partial charge in [-0.2, -0.15) is 0 Å². The molecule has 0 saturated heterocycles. The normalized spacial score (nSPS) is 12.2. The third-order valence-electron chi connectivity index (χ3n) is 3.76. The van der Waals surface area contributed by atoms with E-state index in [0.717, 1.165) is 16.8 Å². The van der Waals surface area contributed by atoms with Crippen molar-refractivity contribution >= 4 is 12.0 Å². The van der Waals surface area contributed by atoms with Crippen molar-refractivity contribution < 1.29 is 4.79 Å². The number of nitrogens with zero attached hydrogens (tertiary/aromatic N) is 2. The minimum Gasteiger partial charge on any atom is -0.346 e. The SMILES string of the molecule is C[C@H](NC(=O)/C=C\c1ccccc1)c1cccc(-n2ccnc2)c1. The lowest BCUT2D eigenvalue weighted by Crippen LogP contribution is -2.24. The van der Waals surface area contributed by atoms with Gasteiger partial charge in [-0.05, 0) is 36.3 Å². The Labute approximate surface area is 141 Å². The summed E-state index contributed by atoms with van der Waals surface area (Å²) in [5.41, 5.74) is 3.07. The maximum atomic E-state index is 12.1. The lowest BCUT2D eigenvalue weighted by Gasteiger charge is -2.14. The Morgan fingerprint density at radius 2 is 2.00 bits per heavy atom. The number of hydrogen-bond donors (Lipinski definition) is 1. The predicted octanol–water partition coefficient (Wildman–Crippen LogP) is 3.76. The van der Waals surface area contributed by atoms with Crippen molar-refractivity contribution in [2.75, 3.05) is 0 Å². The third-order valence-corrected chi connectivity index (χ3v) is 3.76. The van der Waals surface area contributed by atoms with Crippen LogP contribution in [0.5, 0.6) is 0 Å². The summed E-state index contributed by atoms with van der Waals surface area (Å²) >= 11 is 0. The summed E-state index contributed by atoms with van der Waals surface area (Å²) in [7, 11) is 0. The first-order valence-electron chi connectivity index (χ1n) is 7.84. The lowest BCUT2D eigenvalue weighted by molar-refractivity contribution is -0.117. The van der Waals surface area contributed by atoms with E-state index in [1.165, 1.54) is 0 Å². The molecule has 3 aromatic rings. The number of hydrogen-bond acceptors (Lipinski definition) is 2. The molecule has 0 spiro atoms. The van der Waals surface area contributed by atoms with Crippen LogP contribution in [0.25, 0.3) is 11.8 Å². The first-order valence-corrected chi connectivity index (χ1v) is 7.84. The van der Waals surface area contributed by atoms with Crippen molar-refractivity contribution in [1.29, 1.82) is 0 Å². The predicted molar refractivity (Wildman–Crippen MR) is 95.6 cm³/mol. The smallest absolute Gasteiger partial charge is 0.244 e. The molecule has 1 heterocycles. The molecular formula is C20H19N3O. The number of amides is 1. The summed E-state index contributed by atoms with van der Waals surface area (Å²) in [6.45, 7) is 1.97. The summed E-state index contributed by atoms with van der Waals surface area (Å²) < 4.78 is 1.94. The highest BCUT2D eigenvalue weighted by Crippen LogP contribution is 2.17. The number of benzene rings is 2. The Balaban J connectivity index is 1.66. The van der Waals surface area contributed by atoms with E-state index >= 15 is 0 Å². The second kappa shape index (κ2) is 7.42. The first kappa shape index (κ1) is 15.7. The number of carbonyl (C=O) groups excluding carboxylic acids is 1. The Kier molecular flexibility index (Phi) is 4.87. The van der Waals surface area contributed by atoms with Crippen LogP contribution in [0, 0.1) is 0 Å². The van der Waals surface area contributed by atoms with Gasteiger partial charge in [-0.25, -0.2) is 4.98 Å². The quantitative estimate of drug-likeness (QED) is 0.728. The molecule has 0 saturated carbocycles. The molecule has 1 aromatic heterocycles. The van der Waals surface area contributed by atoms with Crippen LogP contribution >= 0.6 is 0 Å². The van der Waals surface area contributed by atoms with Gasteiger partial charge < -0.3 is 9.88 Å². The summed E-state index contributed by atoms with van der Waals surface area (Å²) in [4.78, 5) is 16.2. The second-order valence-corrected chi connectivity index (χ2v) is 5.54. The molecule has 0 bridgehead atoms. The van der Waals surface area contributed by atoms with Gasteiger partial charge in [-0.15, -0.1) is 0 Å². The van der Waals surface area contributed by atoms with E-state index in [2.05, 4.69) is 10.3 Å². The Morgan fingerprint density at radius 3 is 2.75 bits per heavy atom. The van der Waals surface area contributed by atoms with Crippen LogP contribution in [0.1, 0.15) is 24.1 Å². The molecule has 4 heteroatoms. The summed E-state index contributed by atoms with van der Waals surface area (Å²) in [5, 5.41) is 2.99. The molecule has 1 N–H and O–H groups in total. The Morgan fingerprint density at radius 1 is 1.17 bits per heavy atom. The zero-order valence-electron chi connectivity index (χ0n) is 13.5. The van der Waals surface area contributed by atoms with Crippen LogP contribution in [0.3, 0.4) is 0 Å². The standard InChI is InChI=1S/C20H19N3O/c1-16(22-20(24)11-10-17-6-3-2-4-7-17)18-8-5-9-19(14-18)23-13-12-21-15-23/h2-16H,1H3,(H,22,24)/b11-10-/t16-/m0/s1. The fourth-order valence-corrected chi connectivity index (χ4v) is 2.45. The van der Waals surface area contributed by atoms with Crippen LogP contribution in [0.4, 0.5) is 0 Å². The van der Waals surface area contributed by atoms with Gasteiger partial charge in [0.25, 0.3) is 0 Å². The van der Waals surface area contributed by atoms with Crippen molar-refractivity contribution in [3.8, 4) is 5.69 Å². The highest BCUT2D eigenvalue weighted by Gasteiger charge is 2.08. The van der Waals surface area contributed by atoms with Gasteiger partial charge >= 0.3 is 0 Å². The van der Waals surface area contributed by atoms with E-state index in [1.54, 1.807) is 18.6 Å². The van der Waals surface area contributed by atoms with Gasteiger partial charge in [0.05, 0.1) is 12.4 Å². The average Bonchev–Trinajstić information content (AvgIpc) is 3.16. The third kappa shape index (κ3) is 3.98. The highest BCUT2D eigenvalue weighted by molar-refractivity contribution is 5.91. The first-order chi connectivity index (χ1) is 11.7. The molecule has 2 aromatic carbocycles. The molecule has 1 atom stereocenters.